The predicted octanol–water partition coefficient (Wildman–Crippen LogP) is 2.53. The van der Waals surface area contributed by atoms with Crippen LogP contribution in [0, 0.1) is 5.92 Å². The van der Waals surface area contributed by atoms with E-state index in [4.69, 9.17) is 11.5 Å². The van der Waals surface area contributed by atoms with Crippen LogP contribution in [0.25, 0.3) is 0 Å². The van der Waals surface area contributed by atoms with Crippen molar-refractivity contribution in [3.8, 4) is 0 Å². The second-order valence-corrected chi connectivity index (χ2v) is 3.97. The van der Waals surface area contributed by atoms with Crippen molar-refractivity contribution in [2.24, 2.45) is 5.92 Å². The number of rotatable bonds is 2. The van der Waals surface area contributed by atoms with E-state index in [2.05, 4.69) is 24.3 Å². The fourth-order valence-corrected chi connectivity index (χ4v) is 1.87. The fourth-order valence-electron chi connectivity index (χ4n) is 1.87. The van der Waals surface area contributed by atoms with Crippen LogP contribution < -0.4 is 11.5 Å². The molecule has 0 fully saturated rings. The highest BCUT2D eigenvalue weighted by Gasteiger charge is 2.08. The molecule has 0 saturated heterocycles. The molecule has 0 saturated carbocycles. The number of allylic oxidation sites excluding steroid dienone is 4. The van der Waals surface area contributed by atoms with Crippen molar-refractivity contribution < 1.29 is 0 Å². The van der Waals surface area contributed by atoms with Crippen LogP contribution in [0.2, 0.25) is 0 Å². The number of hydrogen-bond acceptors (Lipinski definition) is 2. The molecule has 2 rings (SSSR count). The standard InChI is InChI=1S/C13H16N2/c14-12-6-7-13(15)11(9-12)8-10-4-2-1-3-5-10/h1-4,6-7,9-10H,5,8,14-15H2. The van der Waals surface area contributed by atoms with Gasteiger partial charge in [0, 0.05) is 11.4 Å². The zero-order valence-electron chi connectivity index (χ0n) is 8.69. The summed E-state index contributed by atoms with van der Waals surface area (Å²) in [5.74, 6) is 0.555. The second-order valence-electron chi connectivity index (χ2n) is 3.97. The highest BCUT2D eigenvalue weighted by Crippen LogP contribution is 2.23. The van der Waals surface area contributed by atoms with Crippen molar-refractivity contribution in [1.29, 1.82) is 0 Å². The van der Waals surface area contributed by atoms with Crippen molar-refractivity contribution in [2.45, 2.75) is 12.8 Å². The first-order valence-electron chi connectivity index (χ1n) is 5.23. The Morgan fingerprint density at radius 2 is 2.07 bits per heavy atom. The van der Waals surface area contributed by atoms with E-state index >= 15 is 0 Å². The van der Waals surface area contributed by atoms with Gasteiger partial charge in [-0.1, -0.05) is 24.3 Å². The summed E-state index contributed by atoms with van der Waals surface area (Å²) in [4.78, 5) is 0. The van der Waals surface area contributed by atoms with Crippen molar-refractivity contribution >= 4 is 11.4 Å². The van der Waals surface area contributed by atoms with Crippen LogP contribution in [0.15, 0.2) is 42.5 Å². The van der Waals surface area contributed by atoms with Gasteiger partial charge in [-0.3, -0.25) is 0 Å². The molecule has 2 nitrogen and oxygen atoms in total. The molecule has 4 N–H and O–H groups in total. The number of benzene rings is 1. The van der Waals surface area contributed by atoms with Gasteiger partial charge in [0.25, 0.3) is 0 Å². The molecular weight excluding hydrogens is 184 g/mol. The number of nitrogen functional groups attached to an aromatic ring is 2. The Bertz CT molecular complexity index is 405. The average Bonchev–Trinajstić information content (AvgIpc) is 2.25. The van der Waals surface area contributed by atoms with Crippen LogP contribution in [0.3, 0.4) is 0 Å². The molecule has 1 atom stereocenters. The van der Waals surface area contributed by atoms with E-state index in [1.54, 1.807) is 0 Å². The van der Waals surface area contributed by atoms with E-state index in [-0.39, 0.29) is 0 Å². The number of hydrogen-bond donors (Lipinski definition) is 2. The predicted molar refractivity (Wildman–Crippen MR) is 65.4 cm³/mol. The van der Waals surface area contributed by atoms with E-state index in [1.165, 1.54) is 0 Å². The molecule has 2 heteroatoms. The van der Waals surface area contributed by atoms with E-state index < -0.39 is 0 Å². The van der Waals surface area contributed by atoms with E-state index in [0.29, 0.717) is 5.92 Å². The fraction of sp³-hybridized carbons (Fsp3) is 0.231. The molecule has 0 radical (unpaired) electrons. The second kappa shape index (κ2) is 4.22. The lowest BCUT2D eigenvalue weighted by atomic mass is 9.92. The quantitative estimate of drug-likeness (QED) is 0.721. The van der Waals surface area contributed by atoms with E-state index in [0.717, 1.165) is 29.8 Å². The molecule has 1 aromatic carbocycles. The topological polar surface area (TPSA) is 52.0 Å². The maximum absolute atomic E-state index is 5.91. The molecule has 15 heavy (non-hydrogen) atoms. The Morgan fingerprint density at radius 3 is 2.80 bits per heavy atom. The Balaban J connectivity index is 2.13. The first-order chi connectivity index (χ1) is 7.25. The third-order valence-corrected chi connectivity index (χ3v) is 2.72. The number of nitrogens with two attached hydrogens (primary N) is 2. The van der Waals surface area contributed by atoms with Crippen LogP contribution in [0.4, 0.5) is 11.4 Å². The molecule has 1 aliphatic rings. The highest BCUT2D eigenvalue weighted by molar-refractivity contribution is 5.55. The minimum atomic E-state index is 0.555. The first kappa shape index (κ1) is 9.84. The largest absolute Gasteiger partial charge is 0.399 e. The summed E-state index contributed by atoms with van der Waals surface area (Å²) in [6.45, 7) is 0. The van der Waals surface area contributed by atoms with Gasteiger partial charge in [-0.25, -0.2) is 0 Å². The van der Waals surface area contributed by atoms with Gasteiger partial charge in [0.1, 0.15) is 0 Å². The molecule has 1 aliphatic carbocycles. The third-order valence-electron chi connectivity index (χ3n) is 2.72. The summed E-state index contributed by atoms with van der Waals surface area (Å²) in [5.41, 5.74) is 14.4. The lowest BCUT2D eigenvalue weighted by Gasteiger charge is -2.14. The van der Waals surface area contributed by atoms with Gasteiger partial charge in [-0.15, -0.1) is 0 Å². The van der Waals surface area contributed by atoms with Crippen LogP contribution in [0.1, 0.15) is 12.0 Å². The Labute approximate surface area is 90.3 Å². The van der Waals surface area contributed by atoms with Crippen LogP contribution in [-0.2, 0) is 6.42 Å². The minimum Gasteiger partial charge on any atom is -0.399 e. The summed E-state index contributed by atoms with van der Waals surface area (Å²) < 4.78 is 0. The molecule has 0 spiro atoms. The molecule has 1 aromatic rings. The SMILES string of the molecule is Nc1ccc(N)c(CC2C=CC=CC2)c1. The van der Waals surface area contributed by atoms with Gasteiger partial charge < -0.3 is 11.5 Å². The molecule has 0 aliphatic heterocycles. The monoisotopic (exact) mass is 200 g/mol. The molecular formula is C13H16N2. The van der Waals surface area contributed by atoms with Gasteiger partial charge in [0.15, 0.2) is 0 Å². The molecule has 0 bridgehead atoms. The average molecular weight is 200 g/mol. The summed E-state index contributed by atoms with van der Waals surface area (Å²) in [6, 6.07) is 5.70. The van der Waals surface area contributed by atoms with Crippen LogP contribution >= 0.6 is 0 Å². The lowest BCUT2D eigenvalue weighted by Crippen LogP contribution is -2.05. The Morgan fingerprint density at radius 1 is 1.20 bits per heavy atom. The molecule has 1 unspecified atom stereocenters. The zero-order chi connectivity index (χ0) is 10.7. The smallest absolute Gasteiger partial charge is 0.0348 e. The van der Waals surface area contributed by atoms with Crippen molar-refractivity contribution in [2.75, 3.05) is 11.5 Å². The summed E-state index contributed by atoms with van der Waals surface area (Å²) in [7, 11) is 0. The molecule has 0 amide bonds. The van der Waals surface area contributed by atoms with E-state index in [9.17, 15) is 0 Å². The normalized spacial score (nSPS) is 19.3. The summed E-state index contributed by atoms with van der Waals surface area (Å²) >= 11 is 0. The Hall–Kier alpha value is -1.70. The van der Waals surface area contributed by atoms with Crippen molar-refractivity contribution in [3.05, 3.63) is 48.1 Å². The van der Waals surface area contributed by atoms with Gasteiger partial charge in [0.2, 0.25) is 0 Å². The maximum atomic E-state index is 5.91. The van der Waals surface area contributed by atoms with Gasteiger partial charge in [0.05, 0.1) is 0 Å². The van der Waals surface area contributed by atoms with Crippen molar-refractivity contribution in [1.82, 2.24) is 0 Å². The molecule has 78 valence electrons. The van der Waals surface area contributed by atoms with Gasteiger partial charge in [-0.05, 0) is 42.5 Å². The number of anilines is 2. The molecule has 0 aromatic heterocycles. The van der Waals surface area contributed by atoms with E-state index in [1.807, 2.05) is 18.2 Å². The summed E-state index contributed by atoms with van der Waals surface area (Å²) in [6.07, 6.45) is 10.6. The van der Waals surface area contributed by atoms with Crippen LogP contribution in [0.5, 0.6) is 0 Å². The summed E-state index contributed by atoms with van der Waals surface area (Å²) in [5, 5.41) is 0. The lowest BCUT2D eigenvalue weighted by molar-refractivity contribution is 0.654. The van der Waals surface area contributed by atoms with Crippen LogP contribution in [-0.4, -0.2) is 0 Å². The highest BCUT2D eigenvalue weighted by atomic mass is 14.6. The molecule has 0 heterocycles. The minimum absolute atomic E-state index is 0.555. The van der Waals surface area contributed by atoms with Crippen molar-refractivity contribution in [3.63, 3.8) is 0 Å². The van der Waals surface area contributed by atoms with Gasteiger partial charge in [-0.2, -0.15) is 0 Å². The third kappa shape index (κ3) is 2.40. The first-order valence-corrected chi connectivity index (χ1v) is 5.23. The Kier molecular flexibility index (Phi) is 2.77. The van der Waals surface area contributed by atoms with Gasteiger partial charge >= 0.3 is 0 Å². The maximum Gasteiger partial charge on any atom is 0.0348 e. The zero-order valence-corrected chi connectivity index (χ0v) is 8.69.